The van der Waals surface area contributed by atoms with E-state index in [1.54, 1.807) is 0 Å². The highest BCUT2D eigenvalue weighted by molar-refractivity contribution is 5.25. The van der Waals surface area contributed by atoms with Crippen LogP contribution >= 0.6 is 0 Å². The molecular formula is C22H27FN6. The highest BCUT2D eigenvalue weighted by Gasteiger charge is 2.30. The second kappa shape index (κ2) is 9.24. The van der Waals surface area contributed by atoms with Crippen molar-refractivity contribution >= 4 is 0 Å². The number of nitrogens with zero attached hydrogens (tertiary/aromatic N) is 6. The topological polar surface area (TPSA) is 50.1 Å². The van der Waals surface area contributed by atoms with Crippen LogP contribution in [0.4, 0.5) is 4.39 Å². The zero-order valence-electron chi connectivity index (χ0n) is 16.8. The standard InChI is InChI=1S/C22H27FN6/c1-2-27-14-16-28(17-15-27)21(19-8-10-20(23)11-9-19)22-24-25-26-29(22)13-12-18-6-4-3-5-7-18/h3-11,21H,2,12-17H2,1H3/t21-/m1/s1. The summed E-state index contributed by atoms with van der Waals surface area (Å²) in [6.45, 7) is 7.85. The number of halogens is 1. The zero-order chi connectivity index (χ0) is 20.1. The molecule has 1 atom stereocenters. The van der Waals surface area contributed by atoms with Gasteiger partial charge < -0.3 is 4.90 Å². The highest BCUT2D eigenvalue weighted by Crippen LogP contribution is 2.28. The summed E-state index contributed by atoms with van der Waals surface area (Å²) in [5.74, 6) is 0.587. The van der Waals surface area contributed by atoms with Crippen molar-refractivity contribution in [3.8, 4) is 0 Å². The van der Waals surface area contributed by atoms with Crippen LogP contribution in [0.2, 0.25) is 0 Å². The summed E-state index contributed by atoms with van der Waals surface area (Å²) in [5, 5.41) is 12.6. The Hall–Kier alpha value is -2.64. The summed E-state index contributed by atoms with van der Waals surface area (Å²) in [4.78, 5) is 4.85. The predicted molar refractivity (Wildman–Crippen MR) is 110 cm³/mol. The molecule has 1 aliphatic heterocycles. The van der Waals surface area contributed by atoms with E-state index in [4.69, 9.17) is 0 Å². The van der Waals surface area contributed by atoms with Crippen molar-refractivity contribution in [1.29, 1.82) is 0 Å². The van der Waals surface area contributed by atoms with Crippen LogP contribution < -0.4 is 0 Å². The van der Waals surface area contributed by atoms with Crippen LogP contribution in [0.5, 0.6) is 0 Å². The molecule has 0 N–H and O–H groups in total. The number of rotatable bonds is 7. The molecule has 1 aromatic heterocycles. The fourth-order valence-electron chi connectivity index (χ4n) is 3.95. The maximum absolute atomic E-state index is 13.6. The quantitative estimate of drug-likeness (QED) is 0.617. The molecule has 2 aromatic carbocycles. The Kier molecular flexibility index (Phi) is 6.27. The minimum atomic E-state index is -0.230. The average Bonchev–Trinajstić information content (AvgIpc) is 3.23. The fraction of sp³-hybridized carbons (Fsp3) is 0.409. The van der Waals surface area contributed by atoms with Crippen LogP contribution in [0, 0.1) is 5.82 Å². The molecule has 0 radical (unpaired) electrons. The van der Waals surface area contributed by atoms with E-state index in [0.717, 1.165) is 50.5 Å². The van der Waals surface area contributed by atoms with Gasteiger partial charge in [0.25, 0.3) is 0 Å². The number of hydrogen-bond donors (Lipinski definition) is 0. The van der Waals surface area contributed by atoms with Gasteiger partial charge >= 0.3 is 0 Å². The Labute approximate surface area is 170 Å². The van der Waals surface area contributed by atoms with Crippen molar-refractivity contribution in [3.05, 3.63) is 77.4 Å². The van der Waals surface area contributed by atoms with Gasteiger partial charge in [0.2, 0.25) is 0 Å². The molecule has 1 fully saturated rings. The van der Waals surface area contributed by atoms with Gasteiger partial charge in [0.15, 0.2) is 5.82 Å². The zero-order valence-corrected chi connectivity index (χ0v) is 16.8. The number of likely N-dealkylation sites (N-methyl/N-ethyl adjacent to an activating group) is 1. The maximum atomic E-state index is 13.6. The first-order valence-electron chi connectivity index (χ1n) is 10.3. The molecule has 6 nitrogen and oxygen atoms in total. The molecule has 0 saturated carbocycles. The molecule has 0 spiro atoms. The molecule has 29 heavy (non-hydrogen) atoms. The first-order chi connectivity index (χ1) is 14.2. The number of aryl methyl sites for hydroxylation is 2. The van der Waals surface area contributed by atoms with E-state index in [9.17, 15) is 4.39 Å². The summed E-state index contributed by atoms with van der Waals surface area (Å²) in [6.07, 6.45) is 0.860. The lowest BCUT2D eigenvalue weighted by atomic mass is 10.0. The third-order valence-electron chi connectivity index (χ3n) is 5.66. The van der Waals surface area contributed by atoms with Gasteiger partial charge in [0.05, 0.1) is 6.04 Å². The molecule has 2 heterocycles. The van der Waals surface area contributed by atoms with Crippen molar-refractivity contribution in [2.24, 2.45) is 0 Å². The highest BCUT2D eigenvalue weighted by atomic mass is 19.1. The second-order valence-corrected chi connectivity index (χ2v) is 7.42. The largest absolute Gasteiger partial charge is 0.301 e. The molecular weight excluding hydrogens is 367 g/mol. The van der Waals surface area contributed by atoms with Gasteiger partial charge in [-0.2, -0.15) is 0 Å². The number of tetrazole rings is 1. The first kappa shape index (κ1) is 19.7. The van der Waals surface area contributed by atoms with E-state index < -0.39 is 0 Å². The summed E-state index contributed by atoms with van der Waals surface area (Å²) in [5.41, 5.74) is 2.27. The number of hydrogen-bond acceptors (Lipinski definition) is 5. The SMILES string of the molecule is CCN1CCN([C@H](c2ccc(F)cc2)c2nnnn2CCc2ccccc2)CC1. The van der Waals surface area contributed by atoms with Crippen LogP contribution in [0.15, 0.2) is 54.6 Å². The summed E-state index contributed by atoms with van der Waals surface area (Å²) >= 11 is 0. The lowest BCUT2D eigenvalue weighted by Crippen LogP contribution is -2.48. The van der Waals surface area contributed by atoms with Gasteiger partial charge in [0.1, 0.15) is 5.82 Å². The number of benzene rings is 2. The molecule has 0 amide bonds. The fourth-order valence-corrected chi connectivity index (χ4v) is 3.95. The molecule has 0 aliphatic carbocycles. The van der Waals surface area contributed by atoms with Gasteiger partial charge in [-0.05, 0) is 46.7 Å². The van der Waals surface area contributed by atoms with Gasteiger partial charge in [-0.15, -0.1) is 5.10 Å². The minimum Gasteiger partial charge on any atom is -0.301 e. The van der Waals surface area contributed by atoms with Crippen LogP contribution in [-0.4, -0.2) is 62.7 Å². The molecule has 4 rings (SSSR count). The van der Waals surface area contributed by atoms with E-state index >= 15 is 0 Å². The van der Waals surface area contributed by atoms with Crippen molar-refractivity contribution in [1.82, 2.24) is 30.0 Å². The van der Waals surface area contributed by atoms with E-state index in [1.807, 2.05) is 35.0 Å². The van der Waals surface area contributed by atoms with E-state index in [1.165, 1.54) is 17.7 Å². The molecule has 0 unspecified atom stereocenters. The normalized spacial score (nSPS) is 16.8. The van der Waals surface area contributed by atoms with E-state index in [-0.39, 0.29) is 11.9 Å². The van der Waals surface area contributed by atoms with Crippen molar-refractivity contribution in [2.75, 3.05) is 32.7 Å². The Bertz CT molecular complexity index is 887. The smallest absolute Gasteiger partial charge is 0.173 e. The van der Waals surface area contributed by atoms with E-state index in [0.29, 0.717) is 6.54 Å². The lowest BCUT2D eigenvalue weighted by Gasteiger charge is -2.38. The summed E-state index contributed by atoms with van der Waals surface area (Å²) in [6, 6.07) is 17.0. The van der Waals surface area contributed by atoms with Gasteiger partial charge in [-0.25, -0.2) is 9.07 Å². The van der Waals surface area contributed by atoms with Gasteiger partial charge in [0, 0.05) is 32.7 Å². The molecule has 3 aromatic rings. The number of aromatic nitrogens is 4. The molecule has 152 valence electrons. The summed E-state index contributed by atoms with van der Waals surface area (Å²) in [7, 11) is 0. The van der Waals surface area contributed by atoms with Crippen molar-refractivity contribution in [3.63, 3.8) is 0 Å². The first-order valence-corrected chi connectivity index (χ1v) is 10.3. The average molecular weight is 394 g/mol. The molecule has 7 heteroatoms. The number of piperazine rings is 1. The summed E-state index contributed by atoms with van der Waals surface area (Å²) < 4.78 is 15.4. The van der Waals surface area contributed by atoms with Crippen LogP contribution in [0.1, 0.15) is 29.9 Å². The van der Waals surface area contributed by atoms with Gasteiger partial charge in [-0.3, -0.25) is 4.90 Å². The predicted octanol–water partition coefficient (Wildman–Crippen LogP) is 2.78. The lowest BCUT2D eigenvalue weighted by molar-refractivity contribution is 0.108. The van der Waals surface area contributed by atoms with Crippen LogP contribution in [-0.2, 0) is 13.0 Å². The van der Waals surface area contributed by atoms with Crippen LogP contribution in [0.25, 0.3) is 0 Å². The van der Waals surface area contributed by atoms with Crippen molar-refractivity contribution in [2.45, 2.75) is 25.9 Å². The molecule has 1 saturated heterocycles. The Morgan fingerprint density at radius 1 is 0.966 bits per heavy atom. The Morgan fingerprint density at radius 3 is 2.38 bits per heavy atom. The Morgan fingerprint density at radius 2 is 1.69 bits per heavy atom. The minimum absolute atomic E-state index is 0.0830. The Balaban J connectivity index is 1.60. The van der Waals surface area contributed by atoms with Crippen molar-refractivity contribution < 1.29 is 4.39 Å². The third kappa shape index (κ3) is 4.68. The monoisotopic (exact) mass is 394 g/mol. The van der Waals surface area contributed by atoms with E-state index in [2.05, 4.69) is 44.4 Å². The maximum Gasteiger partial charge on any atom is 0.173 e. The van der Waals surface area contributed by atoms with Gasteiger partial charge in [-0.1, -0.05) is 49.4 Å². The second-order valence-electron chi connectivity index (χ2n) is 7.42. The third-order valence-corrected chi connectivity index (χ3v) is 5.66. The molecule has 1 aliphatic rings. The molecule has 0 bridgehead atoms. The van der Waals surface area contributed by atoms with Crippen LogP contribution in [0.3, 0.4) is 0 Å².